The lowest BCUT2D eigenvalue weighted by Crippen LogP contribution is -2.23. The first-order valence-corrected chi connectivity index (χ1v) is 8.35. The first-order valence-electron chi connectivity index (χ1n) is 7.47. The molecule has 1 atom stereocenters. The number of benzene rings is 2. The minimum Gasteiger partial charge on any atom is -0.309 e. The van der Waals surface area contributed by atoms with Gasteiger partial charge >= 0.3 is 0 Å². The second-order valence-corrected chi connectivity index (χ2v) is 6.17. The van der Waals surface area contributed by atoms with Gasteiger partial charge in [-0.1, -0.05) is 49.4 Å². The van der Waals surface area contributed by atoms with Crippen molar-refractivity contribution in [2.24, 2.45) is 0 Å². The van der Waals surface area contributed by atoms with Crippen LogP contribution in [0.5, 0.6) is 0 Å². The summed E-state index contributed by atoms with van der Waals surface area (Å²) in [6, 6.07) is 15.5. The van der Waals surface area contributed by atoms with E-state index in [2.05, 4.69) is 59.7 Å². The second-order valence-electron chi connectivity index (χ2n) is 5.25. The molecule has 3 rings (SSSR count). The quantitative estimate of drug-likeness (QED) is 0.720. The van der Waals surface area contributed by atoms with E-state index in [4.69, 9.17) is 0 Å². The Bertz CT molecular complexity index is 686. The fourth-order valence-electron chi connectivity index (χ4n) is 2.68. The largest absolute Gasteiger partial charge is 0.309 e. The molecule has 0 amide bonds. The lowest BCUT2D eigenvalue weighted by Gasteiger charge is -2.18. The highest BCUT2D eigenvalue weighted by Crippen LogP contribution is 2.26. The van der Waals surface area contributed by atoms with Crippen molar-refractivity contribution in [2.45, 2.75) is 25.8 Å². The minimum atomic E-state index is 0.350. The third-order valence-electron chi connectivity index (χ3n) is 3.74. The smallest absolute Gasteiger partial charge is 0.0794 e. The van der Waals surface area contributed by atoms with E-state index in [-0.39, 0.29) is 0 Å². The number of thiazole rings is 1. The highest BCUT2D eigenvalue weighted by Gasteiger charge is 2.14. The number of hydrogen-bond donors (Lipinski definition) is 1. The van der Waals surface area contributed by atoms with Gasteiger partial charge in [0.05, 0.1) is 5.51 Å². The van der Waals surface area contributed by atoms with Gasteiger partial charge in [0.2, 0.25) is 0 Å². The van der Waals surface area contributed by atoms with E-state index >= 15 is 0 Å². The third-order valence-corrected chi connectivity index (χ3v) is 4.63. The Kier molecular flexibility index (Phi) is 4.63. The minimum absolute atomic E-state index is 0.350. The van der Waals surface area contributed by atoms with E-state index in [1.807, 2.05) is 11.7 Å². The summed E-state index contributed by atoms with van der Waals surface area (Å²) < 4.78 is 0. The second kappa shape index (κ2) is 6.83. The molecule has 0 aliphatic carbocycles. The van der Waals surface area contributed by atoms with Crippen molar-refractivity contribution >= 4 is 22.1 Å². The fourth-order valence-corrected chi connectivity index (χ4v) is 3.38. The van der Waals surface area contributed by atoms with E-state index in [1.54, 1.807) is 11.3 Å². The predicted octanol–water partition coefficient (Wildman–Crippen LogP) is 4.58. The molecule has 21 heavy (non-hydrogen) atoms. The SMILES string of the molecule is CCCNC(Cc1cccc2ccccc12)c1cncs1. The normalized spacial score (nSPS) is 12.6. The van der Waals surface area contributed by atoms with Crippen LogP contribution in [0.3, 0.4) is 0 Å². The van der Waals surface area contributed by atoms with Crippen LogP contribution in [0.2, 0.25) is 0 Å². The molecule has 1 N–H and O–H groups in total. The van der Waals surface area contributed by atoms with Crippen molar-refractivity contribution < 1.29 is 0 Å². The number of fused-ring (bicyclic) bond motifs is 1. The van der Waals surface area contributed by atoms with Gasteiger partial charge in [0.25, 0.3) is 0 Å². The van der Waals surface area contributed by atoms with Crippen molar-refractivity contribution in [3.8, 4) is 0 Å². The van der Waals surface area contributed by atoms with E-state index in [0.717, 1.165) is 19.4 Å². The first kappa shape index (κ1) is 14.2. The van der Waals surface area contributed by atoms with Crippen LogP contribution in [0.15, 0.2) is 54.2 Å². The zero-order valence-electron chi connectivity index (χ0n) is 12.3. The van der Waals surface area contributed by atoms with Crippen LogP contribution < -0.4 is 5.32 Å². The van der Waals surface area contributed by atoms with Gasteiger partial charge in [-0.05, 0) is 35.7 Å². The topological polar surface area (TPSA) is 24.9 Å². The van der Waals surface area contributed by atoms with Crippen molar-refractivity contribution in [1.82, 2.24) is 10.3 Å². The van der Waals surface area contributed by atoms with Gasteiger partial charge in [-0.3, -0.25) is 4.98 Å². The van der Waals surface area contributed by atoms with Crippen molar-refractivity contribution in [2.75, 3.05) is 6.54 Å². The Hall–Kier alpha value is -1.71. The molecular formula is C18H20N2S. The molecule has 1 unspecified atom stereocenters. The molecule has 0 aliphatic rings. The van der Waals surface area contributed by atoms with E-state index in [9.17, 15) is 0 Å². The number of hydrogen-bond acceptors (Lipinski definition) is 3. The summed E-state index contributed by atoms with van der Waals surface area (Å²) in [7, 11) is 0. The Morgan fingerprint density at radius 2 is 2.00 bits per heavy atom. The van der Waals surface area contributed by atoms with E-state index < -0.39 is 0 Å². The maximum atomic E-state index is 4.23. The maximum absolute atomic E-state index is 4.23. The van der Waals surface area contributed by atoms with Gasteiger partial charge < -0.3 is 5.32 Å². The number of aromatic nitrogens is 1. The lowest BCUT2D eigenvalue weighted by molar-refractivity contribution is 0.537. The Morgan fingerprint density at radius 1 is 1.14 bits per heavy atom. The van der Waals surface area contributed by atoms with Crippen LogP contribution in [0, 0.1) is 0 Å². The maximum Gasteiger partial charge on any atom is 0.0794 e. The summed E-state index contributed by atoms with van der Waals surface area (Å²) in [6.45, 7) is 3.24. The molecule has 0 saturated carbocycles. The molecule has 0 saturated heterocycles. The van der Waals surface area contributed by atoms with Crippen LogP contribution in [0.25, 0.3) is 10.8 Å². The predicted molar refractivity (Wildman–Crippen MR) is 90.8 cm³/mol. The Labute approximate surface area is 129 Å². The summed E-state index contributed by atoms with van der Waals surface area (Å²) in [5, 5.41) is 6.32. The molecule has 2 aromatic carbocycles. The van der Waals surface area contributed by atoms with Crippen LogP contribution in [-0.4, -0.2) is 11.5 Å². The number of rotatable bonds is 6. The van der Waals surface area contributed by atoms with Gasteiger partial charge in [0.15, 0.2) is 0 Å². The average Bonchev–Trinajstić information content (AvgIpc) is 3.06. The van der Waals surface area contributed by atoms with Crippen molar-refractivity contribution in [1.29, 1.82) is 0 Å². The first-order chi connectivity index (χ1) is 10.4. The molecular weight excluding hydrogens is 276 g/mol. The average molecular weight is 296 g/mol. The standard InChI is InChI=1S/C18H20N2S/c1-2-10-20-17(18-12-19-13-21-18)11-15-8-5-7-14-6-3-4-9-16(14)15/h3-9,12-13,17,20H,2,10-11H2,1H3. The van der Waals surface area contributed by atoms with Gasteiger partial charge in [-0.2, -0.15) is 0 Å². The zero-order valence-corrected chi connectivity index (χ0v) is 13.1. The molecule has 0 bridgehead atoms. The van der Waals surface area contributed by atoms with E-state index in [0.29, 0.717) is 6.04 Å². The van der Waals surface area contributed by atoms with E-state index in [1.165, 1.54) is 21.2 Å². The molecule has 0 spiro atoms. The summed E-state index contributed by atoms with van der Waals surface area (Å²) in [5.41, 5.74) is 3.31. The van der Waals surface area contributed by atoms with Crippen molar-refractivity contribution in [3.63, 3.8) is 0 Å². The highest BCUT2D eigenvalue weighted by atomic mass is 32.1. The molecule has 0 radical (unpaired) electrons. The summed E-state index contributed by atoms with van der Waals surface area (Å²) in [5.74, 6) is 0. The summed E-state index contributed by atoms with van der Waals surface area (Å²) >= 11 is 1.73. The monoisotopic (exact) mass is 296 g/mol. The molecule has 1 aromatic heterocycles. The zero-order chi connectivity index (χ0) is 14.5. The van der Waals surface area contributed by atoms with Crippen LogP contribution in [-0.2, 0) is 6.42 Å². The molecule has 0 fully saturated rings. The molecule has 3 heteroatoms. The van der Waals surface area contributed by atoms with Gasteiger partial charge in [0, 0.05) is 17.1 Å². The highest BCUT2D eigenvalue weighted by molar-refractivity contribution is 7.09. The Balaban J connectivity index is 1.90. The van der Waals surface area contributed by atoms with Crippen LogP contribution in [0.4, 0.5) is 0 Å². The Morgan fingerprint density at radius 3 is 2.81 bits per heavy atom. The molecule has 1 heterocycles. The third kappa shape index (κ3) is 3.31. The molecule has 3 aromatic rings. The number of nitrogens with one attached hydrogen (secondary N) is 1. The van der Waals surface area contributed by atoms with Gasteiger partial charge in [-0.25, -0.2) is 0 Å². The van der Waals surface area contributed by atoms with Crippen LogP contribution in [0.1, 0.15) is 29.8 Å². The van der Waals surface area contributed by atoms with Gasteiger partial charge in [-0.15, -0.1) is 11.3 Å². The van der Waals surface area contributed by atoms with Crippen molar-refractivity contribution in [3.05, 3.63) is 64.6 Å². The summed E-state index contributed by atoms with van der Waals surface area (Å²) in [4.78, 5) is 5.55. The summed E-state index contributed by atoms with van der Waals surface area (Å²) in [6.07, 6.45) is 4.14. The van der Waals surface area contributed by atoms with Crippen LogP contribution >= 0.6 is 11.3 Å². The lowest BCUT2D eigenvalue weighted by atomic mass is 9.98. The molecule has 2 nitrogen and oxygen atoms in total. The number of nitrogens with zero attached hydrogens (tertiary/aromatic N) is 1. The molecule has 0 aliphatic heterocycles. The molecule has 108 valence electrons. The van der Waals surface area contributed by atoms with Gasteiger partial charge in [0.1, 0.15) is 0 Å². The fraction of sp³-hybridized carbons (Fsp3) is 0.278.